The van der Waals surface area contributed by atoms with Gasteiger partial charge in [-0.2, -0.15) is 0 Å². The highest BCUT2D eigenvalue weighted by molar-refractivity contribution is 6.01. The van der Waals surface area contributed by atoms with Crippen molar-refractivity contribution in [2.75, 3.05) is 0 Å². The summed E-state index contributed by atoms with van der Waals surface area (Å²) in [5.41, 5.74) is 5.57. The molecule has 4 N–H and O–H groups in total. The largest absolute Gasteiger partial charge is 0.478 e. The molecule has 0 aliphatic rings. The Hall–Kier alpha value is -2.56. The predicted molar refractivity (Wildman–Crippen MR) is 68.5 cm³/mol. The summed E-state index contributed by atoms with van der Waals surface area (Å²) < 4.78 is 0. The van der Waals surface area contributed by atoms with E-state index in [1.807, 2.05) is 6.92 Å². The minimum absolute atomic E-state index is 0.190. The number of carboxylic acid groups (broad SMARTS) is 2. The Morgan fingerprint density at radius 2 is 1.56 bits per heavy atom. The van der Waals surface area contributed by atoms with E-state index in [0.717, 1.165) is 5.70 Å². The molecule has 0 amide bonds. The highest BCUT2D eigenvalue weighted by atomic mass is 16.4. The SMILES string of the molecule is C=CC(N)=CC.O=C(O)c1ccccc1C(=O)O. The molecule has 1 aromatic rings. The summed E-state index contributed by atoms with van der Waals surface area (Å²) >= 11 is 0. The Labute approximate surface area is 105 Å². The van der Waals surface area contributed by atoms with Gasteiger partial charge in [0.1, 0.15) is 0 Å². The summed E-state index contributed by atoms with van der Waals surface area (Å²) in [6.45, 7) is 5.31. The van der Waals surface area contributed by atoms with E-state index in [9.17, 15) is 9.59 Å². The minimum atomic E-state index is -1.23. The first kappa shape index (κ1) is 15.4. The smallest absolute Gasteiger partial charge is 0.336 e. The zero-order valence-electron chi connectivity index (χ0n) is 9.96. The summed E-state index contributed by atoms with van der Waals surface area (Å²) in [7, 11) is 0. The van der Waals surface area contributed by atoms with Crippen LogP contribution in [0.2, 0.25) is 0 Å². The van der Waals surface area contributed by atoms with Gasteiger partial charge in [-0.1, -0.05) is 24.8 Å². The number of carbonyl (C=O) groups is 2. The van der Waals surface area contributed by atoms with Crippen LogP contribution < -0.4 is 5.73 Å². The van der Waals surface area contributed by atoms with Crippen molar-refractivity contribution in [3.63, 3.8) is 0 Å². The molecule has 5 nitrogen and oxygen atoms in total. The Morgan fingerprint density at radius 3 is 1.72 bits per heavy atom. The molecule has 0 unspecified atom stereocenters. The van der Waals surface area contributed by atoms with Crippen LogP contribution in [-0.4, -0.2) is 22.2 Å². The Kier molecular flexibility index (Phi) is 6.58. The molecule has 1 rings (SSSR count). The van der Waals surface area contributed by atoms with Gasteiger partial charge in [-0.15, -0.1) is 0 Å². The lowest BCUT2D eigenvalue weighted by Crippen LogP contribution is -2.06. The Morgan fingerprint density at radius 1 is 1.17 bits per heavy atom. The lowest BCUT2D eigenvalue weighted by atomic mass is 10.1. The number of nitrogens with two attached hydrogens (primary N) is 1. The first-order valence-corrected chi connectivity index (χ1v) is 5.03. The van der Waals surface area contributed by atoms with E-state index < -0.39 is 11.9 Å². The predicted octanol–water partition coefficient (Wildman–Crippen LogP) is 2.12. The standard InChI is InChI=1S/C8H6O4.C5H9N/c9-7(10)5-3-1-2-4-6(5)8(11)12;1-3-5(6)4-2/h1-4H,(H,9,10)(H,11,12);3-4H,1,6H2,2H3. The highest BCUT2D eigenvalue weighted by Crippen LogP contribution is 2.07. The van der Waals surface area contributed by atoms with Crippen LogP contribution >= 0.6 is 0 Å². The fourth-order valence-electron chi connectivity index (χ4n) is 0.974. The molecule has 0 bridgehead atoms. The number of aromatic carboxylic acids is 2. The molecule has 18 heavy (non-hydrogen) atoms. The molecule has 0 atom stereocenters. The summed E-state index contributed by atoms with van der Waals surface area (Å²) in [5, 5.41) is 17.1. The number of carboxylic acids is 2. The third kappa shape index (κ3) is 4.98. The minimum Gasteiger partial charge on any atom is -0.478 e. The first-order valence-electron chi connectivity index (χ1n) is 5.03. The molecule has 0 spiro atoms. The van der Waals surface area contributed by atoms with Crippen LogP contribution in [0.5, 0.6) is 0 Å². The topological polar surface area (TPSA) is 101 Å². The van der Waals surface area contributed by atoms with Gasteiger partial charge in [-0.25, -0.2) is 9.59 Å². The van der Waals surface area contributed by atoms with Crippen LogP contribution in [0.25, 0.3) is 0 Å². The quantitative estimate of drug-likeness (QED) is 0.712. The number of benzene rings is 1. The normalized spacial score (nSPS) is 9.94. The second-order valence-corrected chi connectivity index (χ2v) is 3.15. The van der Waals surface area contributed by atoms with Gasteiger partial charge in [0.25, 0.3) is 0 Å². The van der Waals surface area contributed by atoms with Crippen molar-refractivity contribution in [1.29, 1.82) is 0 Å². The van der Waals surface area contributed by atoms with Crippen LogP contribution in [-0.2, 0) is 0 Å². The Balaban J connectivity index is 0.000000411. The average molecular weight is 249 g/mol. The number of hydrogen-bond acceptors (Lipinski definition) is 3. The zero-order chi connectivity index (χ0) is 14.1. The summed E-state index contributed by atoms with van der Waals surface area (Å²) in [4.78, 5) is 20.9. The second kappa shape index (κ2) is 7.67. The molecule has 0 saturated heterocycles. The third-order valence-corrected chi connectivity index (χ3v) is 1.96. The first-order chi connectivity index (χ1) is 8.43. The molecule has 5 heteroatoms. The molecular formula is C13H15NO4. The molecule has 96 valence electrons. The summed E-state index contributed by atoms with van der Waals surface area (Å²) in [6.07, 6.45) is 3.41. The maximum atomic E-state index is 10.5. The maximum Gasteiger partial charge on any atom is 0.336 e. The zero-order valence-corrected chi connectivity index (χ0v) is 9.96. The highest BCUT2D eigenvalue weighted by Gasteiger charge is 2.13. The van der Waals surface area contributed by atoms with Crippen LogP contribution in [0, 0.1) is 0 Å². The van der Waals surface area contributed by atoms with E-state index in [0.29, 0.717) is 0 Å². The van der Waals surface area contributed by atoms with Crippen molar-refractivity contribution in [2.24, 2.45) is 5.73 Å². The molecule has 1 aromatic carbocycles. The van der Waals surface area contributed by atoms with Gasteiger partial charge in [0, 0.05) is 5.70 Å². The molecule has 0 fully saturated rings. The van der Waals surface area contributed by atoms with E-state index in [1.54, 1.807) is 12.2 Å². The second-order valence-electron chi connectivity index (χ2n) is 3.15. The lowest BCUT2D eigenvalue weighted by Gasteiger charge is -1.98. The van der Waals surface area contributed by atoms with E-state index >= 15 is 0 Å². The van der Waals surface area contributed by atoms with Crippen molar-refractivity contribution in [3.05, 3.63) is 59.8 Å². The molecule has 0 heterocycles. The number of hydrogen-bond donors (Lipinski definition) is 3. The van der Waals surface area contributed by atoms with Gasteiger partial charge in [0.05, 0.1) is 11.1 Å². The number of rotatable bonds is 3. The van der Waals surface area contributed by atoms with E-state index in [2.05, 4.69) is 6.58 Å². The van der Waals surface area contributed by atoms with Crippen molar-refractivity contribution < 1.29 is 19.8 Å². The van der Waals surface area contributed by atoms with Crippen molar-refractivity contribution in [3.8, 4) is 0 Å². The van der Waals surface area contributed by atoms with Crippen LogP contribution in [0.1, 0.15) is 27.6 Å². The van der Waals surface area contributed by atoms with Crippen LogP contribution in [0.15, 0.2) is 48.7 Å². The maximum absolute atomic E-state index is 10.5. The van der Waals surface area contributed by atoms with E-state index in [-0.39, 0.29) is 11.1 Å². The van der Waals surface area contributed by atoms with Crippen molar-refractivity contribution in [1.82, 2.24) is 0 Å². The number of allylic oxidation sites excluding steroid dienone is 2. The molecule has 0 aliphatic carbocycles. The molecule has 0 aliphatic heterocycles. The summed E-state index contributed by atoms with van der Waals surface area (Å²) in [5.74, 6) is -2.46. The van der Waals surface area contributed by atoms with Crippen LogP contribution in [0.4, 0.5) is 0 Å². The lowest BCUT2D eigenvalue weighted by molar-refractivity contribution is 0.0651. The van der Waals surface area contributed by atoms with Gasteiger partial charge in [-0.05, 0) is 25.1 Å². The molecule has 0 saturated carbocycles. The van der Waals surface area contributed by atoms with Crippen LogP contribution in [0.3, 0.4) is 0 Å². The van der Waals surface area contributed by atoms with Crippen molar-refractivity contribution in [2.45, 2.75) is 6.92 Å². The fraction of sp³-hybridized carbons (Fsp3) is 0.0769. The third-order valence-electron chi connectivity index (χ3n) is 1.96. The van der Waals surface area contributed by atoms with Crippen molar-refractivity contribution >= 4 is 11.9 Å². The van der Waals surface area contributed by atoms with Gasteiger partial charge in [0.15, 0.2) is 0 Å². The van der Waals surface area contributed by atoms with E-state index in [1.165, 1.54) is 24.3 Å². The molecule has 0 radical (unpaired) electrons. The Bertz CT molecular complexity index is 445. The van der Waals surface area contributed by atoms with Gasteiger partial charge < -0.3 is 15.9 Å². The average Bonchev–Trinajstić information content (AvgIpc) is 2.38. The fourth-order valence-corrected chi connectivity index (χ4v) is 0.974. The van der Waals surface area contributed by atoms with E-state index in [4.69, 9.17) is 15.9 Å². The van der Waals surface area contributed by atoms with Gasteiger partial charge in [0.2, 0.25) is 0 Å². The van der Waals surface area contributed by atoms with Gasteiger partial charge in [-0.3, -0.25) is 0 Å². The summed E-state index contributed by atoms with van der Waals surface area (Å²) in [6, 6.07) is 5.48. The molecular weight excluding hydrogens is 234 g/mol. The molecule has 0 aromatic heterocycles. The monoisotopic (exact) mass is 249 g/mol. The van der Waals surface area contributed by atoms with Gasteiger partial charge >= 0.3 is 11.9 Å².